The summed E-state index contributed by atoms with van der Waals surface area (Å²) in [5.74, 6) is -0.269. The molecule has 20 heavy (non-hydrogen) atoms. The van der Waals surface area contributed by atoms with Crippen LogP contribution in [0.5, 0.6) is 5.75 Å². The lowest BCUT2D eigenvalue weighted by Crippen LogP contribution is -2.33. The Balaban J connectivity index is 2.07. The Kier molecular flexibility index (Phi) is 4.84. The molecule has 1 unspecified atom stereocenters. The first kappa shape index (κ1) is 14.7. The molecule has 2 N–H and O–H groups in total. The highest BCUT2D eigenvalue weighted by molar-refractivity contribution is 5.94. The smallest absolute Gasteiger partial charge is 0.337 e. The van der Waals surface area contributed by atoms with E-state index in [1.165, 1.54) is 12.8 Å². The SMILES string of the molecule is COc1ccc(C(=O)O)c(NC(C)CN2CCCC2)c1. The number of nitrogens with one attached hydrogen (secondary N) is 1. The number of anilines is 1. The van der Waals surface area contributed by atoms with Crippen LogP contribution in [-0.4, -0.2) is 48.8 Å². The molecule has 0 saturated carbocycles. The van der Waals surface area contributed by atoms with Crippen molar-refractivity contribution in [2.75, 3.05) is 32.1 Å². The van der Waals surface area contributed by atoms with E-state index in [0.29, 0.717) is 11.4 Å². The molecule has 0 aromatic heterocycles. The predicted molar refractivity (Wildman–Crippen MR) is 78.7 cm³/mol. The number of carboxylic acid groups (broad SMARTS) is 1. The zero-order chi connectivity index (χ0) is 14.5. The van der Waals surface area contributed by atoms with Gasteiger partial charge in [-0.15, -0.1) is 0 Å². The summed E-state index contributed by atoms with van der Waals surface area (Å²) in [4.78, 5) is 13.7. The fourth-order valence-corrected chi connectivity index (χ4v) is 2.62. The van der Waals surface area contributed by atoms with Gasteiger partial charge in [0.15, 0.2) is 0 Å². The third-order valence-corrected chi connectivity index (χ3v) is 3.59. The van der Waals surface area contributed by atoms with Gasteiger partial charge in [0.05, 0.1) is 18.4 Å². The lowest BCUT2D eigenvalue weighted by atomic mass is 10.1. The molecule has 2 rings (SSSR count). The molecule has 0 bridgehead atoms. The van der Waals surface area contributed by atoms with Gasteiger partial charge in [0, 0.05) is 18.7 Å². The summed E-state index contributed by atoms with van der Waals surface area (Å²) in [5.41, 5.74) is 0.891. The molecule has 5 nitrogen and oxygen atoms in total. The highest BCUT2D eigenvalue weighted by Crippen LogP contribution is 2.23. The highest BCUT2D eigenvalue weighted by Gasteiger charge is 2.17. The minimum absolute atomic E-state index is 0.193. The van der Waals surface area contributed by atoms with Gasteiger partial charge in [-0.2, -0.15) is 0 Å². The minimum Gasteiger partial charge on any atom is -0.497 e. The van der Waals surface area contributed by atoms with E-state index in [1.54, 1.807) is 25.3 Å². The fourth-order valence-electron chi connectivity index (χ4n) is 2.62. The van der Waals surface area contributed by atoms with E-state index in [-0.39, 0.29) is 11.6 Å². The number of hydrogen-bond acceptors (Lipinski definition) is 4. The standard InChI is InChI=1S/C15H22N2O3/c1-11(10-17-7-3-4-8-17)16-14-9-12(20-2)5-6-13(14)15(18)19/h5-6,9,11,16H,3-4,7-8,10H2,1-2H3,(H,18,19). The second kappa shape index (κ2) is 6.61. The molecule has 0 spiro atoms. The van der Waals surface area contributed by atoms with Crippen LogP contribution in [0.1, 0.15) is 30.1 Å². The van der Waals surface area contributed by atoms with Crippen LogP contribution >= 0.6 is 0 Å². The van der Waals surface area contributed by atoms with Gasteiger partial charge >= 0.3 is 5.97 Å². The molecule has 1 aromatic carbocycles. The molecule has 1 saturated heterocycles. The van der Waals surface area contributed by atoms with E-state index >= 15 is 0 Å². The van der Waals surface area contributed by atoms with Gasteiger partial charge in [-0.1, -0.05) is 0 Å². The molecule has 5 heteroatoms. The first-order valence-electron chi connectivity index (χ1n) is 7.00. The van der Waals surface area contributed by atoms with Crippen molar-refractivity contribution in [3.05, 3.63) is 23.8 Å². The summed E-state index contributed by atoms with van der Waals surface area (Å²) in [7, 11) is 1.58. The van der Waals surface area contributed by atoms with Crippen LogP contribution < -0.4 is 10.1 Å². The van der Waals surface area contributed by atoms with Crippen LogP contribution in [0.4, 0.5) is 5.69 Å². The topological polar surface area (TPSA) is 61.8 Å². The second-order valence-electron chi connectivity index (χ2n) is 5.27. The van der Waals surface area contributed by atoms with Crippen LogP contribution in [0.25, 0.3) is 0 Å². The number of aromatic carboxylic acids is 1. The van der Waals surface area contributed by atoms with Crippen molar-refractivity contribution in [3.63, 3.8) is 0 Å². The van der Waals surface area contributed by atoms with Gasteiger partial charge in [-0.25, -0.2) is 4.79 Å². The molecule has 0 radical (unpaired) electrons. The van der Waals surface area contributed by atoms with Gasteiger partial charge in [0.1, 0.15) is 5.75 Å². The Morgan fingerprint density at radius 3 is 2.75 bits per heavy atom. The van der Waals surface area contributed by atoms with Crippen LogP contribution in [0.2, 0.25) is 0 Å². The van der Waals surface area contributed by atoms with E-state index in [4.69, 9.17) is 4.74 Å². The monoisotopic (exact) mass is 278 g/mol. The molecular formula is C15H22N2O3. The van der Waals surface area contributed by atoms with Crippen LogP contribution in [0.3, 0.4) is 0 Å². The first-order chi connectivity index (χ1) is 9.60. The summed E-state index contributed by atoms with van der Waals surface area (Å²) < 4.78 is 5.16. The zero-order valence-electron chi connectivity index (χ0n) is 12.1. The fraction of sp³-hybridized carbons (Fsp3) is 0.533. The lowest BCUT2D eigenvalue weighted by Gasteiger charge is -2.23. The van der Waals surface area contributed by atoms with E-state index in [0.717, 1.165) is 19.6 Å². The second-order valence-corrected chi connectivity index (χ2v) is 5.27. The number of ether oxygens (including phenoxy) is 1. The Morgan fingerprint density at radius 2 is 2.15 bits per heavy atom. The number of likely N-dealkylation sites (tertiary alicyclic amines) is 1. The number of hydrogen-bond donors (Lipinski definition) is 2. The summed E-state index contributed by atoms with van der Waals surface area (Å²) >= 11 is 0. The zero-order valence-corrected chi connectivity index (χ0v) is 12.1. The van der Waals surface area contributed by atoms with Gasteiger partial charge in [-0.05, 0) is 45.0 Å². The van der Waals surface area contributed by atoms with Crippen molar-refractivity contribution in [3.8, 4) is 5.75 Å². The van der Waals surface area contributed by atoms with Gasteiger partial charge < -0.3 is 20.1 Å². The van der Waals surface area contributed by atoms with Crippen LogP contribution in [0.15, 0.2) is 18.2 Å². The molecular weight excluding hydrogens is 256 g/mol. The third-order valence-electron chi connectivity index (χ3n) is 3.59. The number of methoxy groups -OCH3 is 1. The summed E-state index contributed by atoms with van der Waals surface area (Å²) in [6.07, 6.45) is 2.51. The average molecular weight is 278 g/mol. The molecule has 1 aromatic rings. The van der Waals surface area contributed by atoms with Crippen molar-refractivity contribution in [1.29, 1.82) is 0 Å². The minimum atomic E-state index is -0.927. The van der Waals surface area contributed by atoms with Crippen molar-refractivity contribution >= 4 is 11.7 Å². The molecule has 1 atom stereocenters. The Morgan fingerprint density at radius 1 is 1.45 bits per heavy atom. The highest BCUT2D eigenvalue weighted by atomic mass is 16.5. The van der Waals surface area contributed by atoms with Crippen LogP contribution in [0, 0.1) is 0 Å². The molecule has 1 aliphatic heterocycles. The quantitative estimate of drug-likeness (QED) is 0.836. The summed E-state index contributed by atoms with van der Waals surface area (Å²) in [5, 5.41) is 12.5. The normalized spacial score (nSPS) is 16.9. The third kappa shape index (κ3) is 3.63. The van der Waals surface area contributed by atoms with Crippen molar-refractivity contribution in [2.24, 2.45) is 0 Å². The van der Waals surface area contributed by atoms with E-state index < -0.39 is 5.97 Å². The lowest BCUT2D eigenvalue weighted by molar-refractivity contribution is 0.0698. The number of nitrogens with zero attached hydrogens (tertiary/aromatic N) is 1. The van der Waals surface area contributed by atoms with E-state index in [9.17, 15) is 9.90 Å². The van der Waals surface area contributed by atoms with Crippen molar-refractivity contribution < 1.29 is 14.6 Å². The number of benzene rings is 1. The van der Waals surface area contributed by atoms with Crippen LogP contribution in [-0.2, 0) is 0 Å². The molecule has 0 aliphatic carbocycles. The number of carbonyl (C=O) groups is 1. The van der Waals surface area contributed by atoms with Gasteiger partial charge in [0.25, 0.3) is 0 Å². The van der Waals surface area contributed by atoms with Crippen molar-refractivity contribution in [2.45, 2.75) is 25.8 Å². The molecule has 110 valence electrons. The number of carboxylic acids is 1. The first-order valence-corrected chi connectivity index (χ1v) is 7.00. The van der Waals surface area contributed by atoms with Gasteiger partial charge in [-0.3, -0.25) is 0 Å². The maximum absolute atomic E-state index is 11.3. The molecule has 1 fully saturated rings. The molecule has 1 aliphatic rings. The predicted octanol–water partition coefficient (Wildman–Crippen LogP) is 2.29. The van der Waals surface area contributed by atoms with Gasteiger partial charge in [0.2, 0.25) is 0 Å². The Bertz CT molecular complexity index is 470. The van der Waals surface area contributed by atoms with Crippen molar-refractivity contribution in [1.82, 2.24) is 4.90 Å². The molecule has 0 amide bonds. The van der Waals surface area contributed by atoms with E-state index in [2.05, 4.69) is 17.1 Å². The Labute approximate surface area is 119 Å². The largest absolute Gasteiger partial charge is 0.497 e. The summed E-state index contributed by atoms with van der Waals surface area (Å²) in [6, 6.07) is 5.17. The Hall–Kier alpha value is -1.75. The summed E-state index contributed by atoms with van der Waals surface area (Å²) in [6.45, 7) is 5.27. The average Bonchev–Trinajstić information content (AvgIpc) is 2.90. The maximum Gasteiger partial charge on any atom is 0.337 e. The van der Waals surface area contributed by atoms with E-state index in [1.807, 2.05) is 0 Å². The number of rotatable bonds is 6. The maximum atomic E-state index is 11.3. The molecule has 1 heterocycles.